The molecule has 8 rings (SSSR count). The van der Waals surface area contributed by atoms with Gasteiger partial charge in [0.2, 0.25) is 6.40 Å². The Hall–Kier alpha value is -9.71. The van der Waals surface area contributed by atoms with E-state index in [0.717, 1.165) is 35.0 Å². The van der Waals surface area contributed by atoms with Crippen molar-refractivity contribution in [3.8, 4) is 11.5 Å². The zero-order valence-electron chi connectivity index (χ0n) is 37.3. The van der Waals surface area contributed by atoms with E-state index in [-0.39, 0.29) is 46.5 Å². The molecule has 8 aromatic carbocycles. The molecule has 5 N–H and O–H groups in total. The van der Waals surface area contributed by atoms with Gasteiger partial charge in [0.05, 0.1) is 22.6 Å². The highest BCUT2D eigenvalue weighted by atomic mass is 19.4. The molecule has 0 aliphatic rings. The molecular weight excluding hydrogens is 918 g/mol. The number of alkyl halides is 3. The van der Waals surface area contributed by atoms with Crippen LogP contribution in [0.5, 0.6) is 11.5 Å². The molecule has 0 heterocycles. The summed E-state index contributed by atoms with van der Waals surface area (Å²) in [6.45, 7) is 1.92. The van der Waals surface area contributed by atoms with Crippen molar-refractivity contribution in [1.82, 2.24) is 5.32 Å². The van der Waals surface area contributed by atoms with Crippen LogP contribution in [0.4, 0.5) is 52.1 Å². The fourth-order valence-corrected chi connectivity index (χ4v) is 7.00. The van der Waals surface area contributed by atoms with Gasteiger partial charge in [0, 0.05) is 27.6 Å². The smallest absolute Gasteiger partial charge is 0.416 e. The summed E-state index contributed by atoms with van der Waals surface area (Å²) in [6, 6.07) is 40.6. The van der Waals surface area contributed by atoms with Gasteiger partial charge in [-0.1, -0.05) is 71.9 Å². The number of azo groups is 2. The third kappa shape index (κ3) is 12.4. The van der Waals surface area contributed by atoms with Gasteiger partial charge in [-0.05, 0) is 138 Å². The van der Waals surface area contributed by atoms with E-state index < -0.39 is 23.7 Å². The summed E-state index contributed by atoms with van der Waals surface area (Å²) in [5.74, 6) is -1.08. The van der Waals surface area contributed by atoms with E-state index in [0.29, 0.717) is 44.3 Å². The lowest BCUT2D eigenvalue weighted by molar-refractivity contribution is -0.137. The van der Waals surface area contributed by atoms with Gasteiger partial charge < -0.3 is 25.2 Å². The molecule has 0 aliphatic heterocycles. The fraction of sp³-hybridized carbons (Fsp3) is 0.0566. The Bertz CT molecular complexity index is 3410. The Morgan fingerprint density at radius 1 is 0.648 bits per heavy atom. The molecule has 0 aliphatic carbocycles. The van der Waals surface area contributed by atoms with Gasteiger partial charge >= 0.3 is 12.2 Å². The predicted octanol–water partition coefficient (Wildman–Crippen LogP) is 13.9. The standard InChI is InChI=1S/C53H39F3N8O7/c1-32-4-2-6-42(26-32)58-52(69)59-51(68)38-14-22-45-37(28-38)16-25-48(67)50(45)63-60-40-17-8-33(9-18-40)11-23-46(65)35-12-19-41(20-13-35)61-62-49-44-21-10-34(27-36(44)15-24-47(49)66)30-70-57-31-71-64-43-7-3-5-39(29-43)53(54,55)56/h2-29,31,64,66-67H,30H2,1H3,(H2,58,59,68,69)/b23-11?,57-31+,62-61?,63-60?. The number of hydrogen-bond acceptors (Lipinski definition) is 13. The Labute approximate surface area is 402 Å². The Morgan fingerprint density at radius 2 is 1.27 bits per heavy atom. The molecule has 8 aromatic rings. The number of nitrogens with zero attached hydrogens (tertiary/aromatic N) is 5. The van der Waals surface area contributed by atoms with Gasteiger partial charge in [-0.25, -0.2) is 10.3 Å². The van der Waals surface area contributed by atoms with Crippen molar-refractivity contribution >= 4 is 85.9 Å². The van der Waals surface area contributed by atoms with E-state index >= 15 is 0 Å². The number of oxime groups is 1. The minimum atomic E-state index is -4.49. The highest BCUT2D eigenvalue weighted by molar-refractivity contribution is 6.10. The Kier molecular flexibility index (Phi) is 14.5. The normalized spacial score (nSPS) is 11.8. The molecule has 18 heteroatoms. The lowest BCUT2D eigenvalue weighted by atomic mass is 10.0. The van der Waals surface area contributed by atoms with E-state index in [2.05, 4.69) is 41.7 Å². The summed E-state index contributed by atoms with van der Waals surface area (Å²) in [5.41, 5.74) is 6.48. The van der Waals surface area contributed by atoms with Gasteiger partial charge in [-0.2, -0.15) is 23.4 Å². The van der Waals surface area contributed by atoms with E-state index in [4.69, 9.17) is 9.68 Å². The average Bonchev–Trinajstić information content (AvgIpc) is 3.36. The molecule has 0 spiro atoms. The number of aryl methyl sites for hydroxylation is 1. The number of phenols is 2. The van der Waals surface area contributed by atoms with Gasteiger partial charge in [-0.15, -0.1) is 10.2 Å². The summed E-state index contributed by atoms with van der Waals surface area (Å²) < 4.78 is 38.8. The summed E-state index contributed by atoms with van der Waals surface area (Å²) >= 11 is 0. The van der Waals surface area contributed by atoms with Crippen molar-refractivity contribution in [2.24, 2.45) is 25.6 Å². The van der Waals surface area contributed by atoms with E-state index in [9.17, 15) is 37.8 Å². The summed E-state index contributed by atoms with van der Waals surface area (Å²) in [5, 5.41) is 49.5. The van der Waals surface area contributed by atoms with Crippen LogP contribution in [-0.4, -0.2) is 34.3 Å². The third-order valence-corrected chi connectivity index (χ3v) is 10.5. The molecule has 0 radical (unpaired) electrons. The van der Waals surface area contributed by atoms with Crippen molar-refractivity contribution < 1.29 is 47.4 Å². The van der Waals surface area contributed by atoms with Crippen LogP contribution in [0.3, 0.4) is 0 Å². The highest BCUT2D eigenvalue weighted by Gasteiger charge is 2.30. The first-order chi connectivity index (χ1) is 34.2. The Balaban J connectivity index is 0.831. The molecule has 0 aromatic heterocycles. The number of allylic oxidation sites excluding steroid dienone is 1. The van der Waals surface area contributed by atoms with Crippen LogP contribution >= 0.6 is 0 Å². The van der Waals surface area contributed by atoms with Crippen LogP contribution in [0.15, 0.2) is 189 Å². The predicted molar refractivity (Wildman–Crippen MR) is 263 cm³/mol. The molecule has 0 atom stereocenters. The molecule has 0 unspecified atom stereocenters. The van der Waals surface area contributed by atoms with Crippen molar-refractivity contribution in [1.29, 1.82) is 0 Å². The molecule has 0 saturated heterocycles. The maximum absolute atomic E-state index is 13.1. The molecule has 0 fully saturated rings. The minimum absolute atomic E-state index is 0.0339. The van der Waals surface area contributed by atoms with Crippen LogP contribution in [-0.2, 0) is 22.5 Å². The van der Waals surface area contributed by atoms with Crippen LogP contribution in [0.2, 0.25) is 0 Å². The van der Waals surface area contributed by atoms with Crippen LogP contribution in [0, 0.1) is 6.92 Å². The largest absolute Gasteiger partial charge is 0.506 e. The van der Waals surface area contributed by atoms with Gasteiger partial charge in [0.15, 0.2) is 5.78 Å². The number of benzene rings is 8. The number of phenolic OH excluding ortho intramolecular Hbond substituents is 2. The number of anilines is 2. The van der Waals surface area contributed by atoms with Gasteiger partial charge in [-0.3, -0.25) is 14.9 Å². The minimum Gasteiger partial charge on any atom is -0.506 e. The van der Waals surface area contributed by atoms with E-state index in [1.54, 1.807) is 115 Å². The second kappa shape index (κ2) is 21.5. The van der Waals surface area contributed by atoms with Gasteiger partial charge in [0.1, 0.15) is 29.5 Å². The number of carbonyl (C=O) groups excluding carboxylic acids is 3. The monoisotopic (exact) mass is 956 g/mol. The highest BCUT2D eigenvalue weighted by Crippen LogP contribution is 2.38. The number of urea groups is 1. The van der Waals surface area contributed by atoms with Crippen molar-refractivity contribution in [3.63, 3.8) is 0 Å². The molecule has 15 nitrogen and oxygen atoms in total. The topological polar surface area (TPSA) is 208 Å². The number of imide groups is 1. The second-order valence-electron chi connectivity index (χ2n) is 15.7. The summed E-state index contributed by atoms with van der Waals surface area (Å²) in [6.07, 6.45) is -0.502. The maximum Gasteiger partial charge on any atom is 0.416 e. The molecule has 0 bridgehead atoms. The van der Waals surface area contributed by atoms with Crippen molar-refractivity contribution in [2.75, 3.05) is 10.8 Å². The number of ketones is 1. The number of nitrogens with one attached hydrogen (secondary N) is 3. The van der Waals surface area contributed by atoms with Gasteiger partial charge in [0.25, 0.3) is 5.91 Å². The van der Waals surface area contributed by atoms with Crippen molar-refractivity contribution in [3.05, 3.63) is 197 Å². The second-order valence-corrected chi connectivity index (χ2v) is 15.7. The molecule has 0 saturated carbocycles. The molecule has 71 heavy (non-hydrogen) atoms. The number of carbonyl (C=O) groups is 3. The molecule has 3 amide bonds. The number of rotatable bonds is 15. The van der Waals surface area contributed by atoms with Crippen LogP contribution in [0.25, 0.3) is 27.6 Å². The number of amides is 3. The first kappa shape index (κ1) is 47.8. The van der Waals surface area contributed by atoms with Crippen molar-refractivity contribution in [2.45, 2.75) is 19.7 Å². The third-order valence-electron chi connectivity index (χ3n) is 10.5. The molecular formula is C53H39F3N8O7. The number of halogens is 3. The maximum atomic E-state index is 13.1. The van der Waals surface area contributed by atoms with Crippen LogP contribution in [0.1, 0.15) is 43.0 Å². The first-order valence-electron chi connectivity index (χ1n) is 21.4. The molecule has 354 valence electrons. The average molecular weight is 957 g/mol. The van der Waals surface area contributed by atoms with Crippen LogP contribution < -0.4 is 16.1 Å². The summed E-state index contributed by atoms with van der Waals surface area (Å²) in [7, 11) is 0. The lowest BCUT2D eigenvalue weighted by Crippen LogP contribution is -2.34. The lowest BCUT2D eigenvalue weighted by Gasteiger charge is -2.09. The number of aromatic hydroxyl groups is 2. The number of fused-ring (bicyclic) bond motifs is 2. The zero-order valence-corrected chi connectivity index (χ0v) is 37.3. The first-order valence-corrected chi connectivity index (χ1v) is 21.4. The fourth-order valence-electron chi connectivity index (χ4n) is 7.00. The Morgan fingerprint density at radius 3 is 1.94 bits per heavy atom. The SMILES string of the molecule is Cc1cccc(NC(=O)NC(=O)c2ccc3c(N=Nc4ccc(C=CC(=O)c5ccc(N=Nc6c(O)ccc7cc(CO/N=C/ONc8cccc(C(F)(F)F)c8)ccc67)cc5)cc4)c(O)ccc3c2)c1. The number of hydrogen-bond donors (Lipinski definition) is 5. The van der Waals surface area contributed by atoms with E-state index in [1.165, 1.54) is 36.4 Å². The van der Waals surface area contributed by atoms with E-state index in [1.807, 2.05) is 13.0 Å². The zero-order chi connectivity index (χ0) is 49.9. The summed E-state index contributed by atoms with van der Waals surface area (Å²) in [4.78, 5) is 48.6. The quantitative estimate of drug-likeness (QED) is 0.0166.